The van der Waals surface area contributed by atoms with Gasteiger partial charge in [-0.2, -0.15) is 4.31 Å². The molecule has 7 nitrogen and oxygen atoms in total. The molecular weight excluding hydrogens is 354 g/mol. The Morgan fingerprint density at radius 1 is 0.962 bits per heavy atom. The Hall–Kier alpha value is -1.93. The lowest BCUT2D eigenvalue weighted by Gasteiger charge is -2.34. The normalized spacial score (nSPS) is 15.7. The van der Waals surface area contributed by atoms with Crippen molar-refractivity contribution in [3.63, 3.8) is 0 Å². The molecule has 0 spiro atoms. The third-order valence-electron chi connectivity index (χ3n) is 4.64. The third-order valence-corrected chi connectivity index (χ3v) is 6.55. The van der Waals surface area contributed by atoms with Gasteiger partial charge in [0.1, 0.15) is 0 Å². The quantitative estimate of drug-likeness (QED) is 0.710. The largest absolute Gasteiger partial charge is 0.343 e. The van der Waals surface area contributed by atoms with E-state index in [0.29, 0.717) is 26.2 Å². The summed E-state index contributed by atoms with van der Waals surface area (Å²) < 4.78 is 26.6. The lowest BCUT2D eigenvalue weighted by atomic mass is 10.2. The number of sulfonamides is 1. The fraction of sp³-hybridized carbons (Fsp3) is 0.556. The third kappa shape index (κ3) is 4.82. The maximum absolute atomic E-state index is 12.6. The van der Waals surface area contributed by atoms with Gasteiger partial charge < -0.3 is 9.80 Å². The molecule has 1 aromatic carbocycles. The van der Waals surface area contributed by atoms with Crippen molar-refractivity contribution in [2.24, 2.45) is 0 Å². The van der Waals surface area contributed by atoms with Gasteiger partial charge in [-0.3, -0.25) is 9.59 Å². The van der Waals surface area contributed by atoms with Crippen LogP contribution in [0.2, 0.25) is 0 Å². The van der Waals surface area contributed by atoms with Gasteiger partial charge in [0.15, 0.2) is 0 Å². The van der Waals surface area contributed by atoms with Crippen LogP contribution in [-0.2, 0) is 19.6 Å². The van der Waals surface area contributed by atoms with Gasteiger partial charge in [0.05, 0.1) is 4.90 Å². The van der Waals surface area contributed by atoms with E-state index in [4.69, 9.17) is 0 Å². The number of rotatable bonds is 7. The first-order valence-corrected chi connectivity index (χ1v) is 10.4. The van der Waals surface area contributed by atoms with Crippen LogP contribution in [0.15, 0.2) is 35.2 Å². The number of carbonyl (C=O) groups is 2. The minimum atomic E-state index is -3.52. The smallest absolute Gasteiger partial charge is 0.243 e. The molecule has 0 radical (unpaired) electrons. The number of hydrogen-bond acceptors (Lipinski definition) is 4. The SMILES string of the molecule is CCN(CC)C(=O)CCC(=O)N1CCN(S(=O)(=O)c2ccccc2)CC1. The highest BCUT2D eigenvalue weighted by Gasteiger charge is 2.30. The number of hydrogen-bond donors (Lipinski definition) is 0. The zero-order valence-electron chi connectivity index (χ0n) is 15.4. The van der Waals surface area contributed by atoms with Gasteiger partial charge in [-0.05, 0) is 26.0 Å². The number of carbonyl (C=O) groups excluding carboxylic acids is 2. The van der Waals surface area contributed by atoms with Crippen LogP contribution < -0.4 is 0 Å². The van der Waals surface area contributed by atoms with Crippen LogP contribution in [-0.4, -0.2) is 73.6 Å². The van der Waals surface area contributed by atoms with Crippen LogP contribution in [0.1, 0.15) is 26.7 Å². The second-order valence-corrected chi connectivity index (χ2v) is 8.10. The first-order valence-electron chi connectivity index (χ1n) is 9.00. The van der Waals surface area contributed by atoms with Crippen LogP contribution in [0, 0.1) is 0 Å². The molecule has 1 saturated heterocycles. The monoisotopic (exact) mass is 381 g/mol. The summed E-state index contributed by atoms with van der Waals surface area (Å²) in [6.45, 7) is 6.35. The maximum atomic E-state index is 12.6. The molecule has 2 rings (SSSR count). The van der Waals surface area contributed by atoms with Crippen molar-refractivity contribution in [2.75, 3.05) is 39.3 Å². The van der Waals surface area contributed by atoms with E-state index < -0.39 is 10.0 Å². The van der Waals surface area contributed by atoms with Gasteiger partial charge in [0.25, 0.3) is 0 Å². The van der Waals surface area contributed by atoms with E-state index in [1.807, 2.05) is 13.8 Å². The average molecular weight is 381 g/mol. The molecule has 26 heavy (non-hydrogen) atoms. The fourth-order valence-corrected chi connectivity index (χ4v) is 4.47. The van der Waals surface area contributed by atoms with Crippen molar-refractivity contribution >= 4 is 21.8 Å². The lowest BCUT2D eigenvalue weighted by Crippen LogP contribution is -2.50. The van der Waals surface area contributed by atoms with Crippen LogP contribution in [0.3, 0.4) is 0 Å². The van der Waals surface area contributed by atoms with Gasteiger partial charge in [0, 0.05) is 52.1 Å². The van der Waals surface area contributed by atoms with Gasteiger partial charge >= 0.3 is 0 Å². The van der Waals surface area contributed by atoms with Crippen LogP contribution in [0.25, 0.3) is 0 Å². The number of nitrogens with zero attached hydrogens (tertiary/aromatic N) is 3. The molecule has 1 aromatic rings. The van der Waals surface area contributed by atoms with Crippen molar-refractivity contribution in [1.29, 1.82) is 0 Å². The lowest BCUT2D eigenvalue weighted by molar-refractivity contribution is -0.137. The molecule has 0 unspecified atom stereocenters. The molecule has 1 aliphatic rings. The van der Waals surface area contributed by atoms with Crippen molar-refractivity contribution < 1.29 is 18.0 Å². The second-order valence-electron chi connectivity index (χ2n) is 6.16. The zero-order chi connectivity index (χ0) is 19.2. The van der Waals surface area contributed by atoms with Gasteiger partial charge in [0.2, 0.25) is 21.8 Å². The highest BCUT2D eigenvalue weighted by atomic mass is 32.2. The molecule has 1 fully saturated rings. The first kappa shape index (κ1) is 20.4. The molecule has 1 aliphatic heterocycles. The van der Waals surface area contributed by atoms with Crippen molar-refractivity contribution in [1.82, 2.24) is 14.1 Å². The molecule has 0 atom stereocenters. The van der Waals surface area contributed by atoms with Crippen LogP contribution >= 0.6 is 0 Å². The summed E-state index contributed by atoms with van der Waals surface area (Å²) in [5, 5.41) is 0. The Kier molecular flexibility index (Phi) is 7.16. The summed E-state index contributed by atoms with van der Waals surface area (Å²) in [5.41, 5.74) is 0. The highest BCUT2D eigenvalue weighted by Crippen LogP contribution is 2.17. The number of piperazine rings is 1. The van der Waals surface area contributed by atoms with E-state index in [0.717, 1.165) is 0 Å². The second kappa shape index (κ2) is 9.14. The molecule has 0 aromatic heterocycles. The van der Waals surface area contributed by atoms with Crippen LogP contribution in [0.5, 0.6) is 0 Å². The molecule has 0 bridgehead atoms. The van der Waals surface area contributed by atoms with E-state index in [2.05, 4.69) is 0 Å². The Labute approximate surface area is 155 Å². The first-order chi connectivity index (χ1) is 12.4. The molecule has 1 heterocycles. The summed E-state index contributed by atoms with van der Waals surface area (Å²) in [6.07, 6.45) is 0.365. The Morgan fingerprint density at radius 2 is 1.54 bits per heavy atom. The molecule has 144 valence electrons. The minimum Gasteiger partial charge on any atom is -0.343 e. The molecule has 0 saturated carbocycles. The van der Waals surface area contributed by atoms with E-state index in [1.165, 1.54) is 4.31 Å². The fourth-order valence-electron chi connectivity index (χ4n) is 3.03. The summed E-state index contributed by atoms with van der Waals surface area (Å²) in [6, 6.07) is 8.31. The zero-order valence-corrected chi connectivity index (χ0v) is 16.2. The van der Waals surface area contributed by atoms with Gasteiger partial charge in [-0.1, -0.05) is 18.2 Å². The van der Waals surface area contributed by atoms with Gasteiger partial charge in [-0.25, -0.2) is 8.42 Å². The van der Waals surface area contributed by atoms with Gasteiger partial charge in [-0.15, -0.1) is 0 Å². The molecule has 0 N–H and O–H groups in total. The number of benzene rings is 1. The molecular formula is C18H27N3O4S. The molecule has 2 amide bonds. The highest BCUT2D eigenvalue weighted by molar-refractivity contribution is 7.89. The Bertz CT molecular complexity index is 709. The molecule has 8 heteroatoms. The standard InChI is InChI=1S/C18H27N3O4S/c1-3-19(4-2)17(22)10-11-18(23)20-12-14-21(15-13-20)26(24,25)16-8-6-5-7-9-16/h5-9H,3-4,10-15H2,1-2H3. The summed E-state index contributed by atoms with van der Waals surface area (Å²) in [4.78, 5) is 27.9. The molecule has 0 aliphatic carbocycles. The Balaban J connectivity index is 1.86. The van der Waals surface area contributed by atoms with E-state index in [1.54, 1.807) is 40.1 Å². The summed E-state index contributed by atoms with van der Waals surface area (Å²) in [7, 11) is -3.52. The van der Waals surface area contributed by atoms with Crippen molar-refractivity contribution in [3.05, 3.63) is 30.3 Å². The van der Waals surface area contributed by atoms with Crippen molar-refractivity contribution in [3.8, 4) is 0 Å². The minimum absolute atomic E-state index is 0.0198. The van der Waals surface area contributed by atoms with Crippen LogP contribution in [0.4, 0.5) is 0 Å². The Morgan fingerprint density at radius 3 is 2.08 bits per heavy atom. The number of amides is 2. The maximum Gasteiger partial charge on any atom is 0.243 e. The topological polar surface area (TPSA) is 78.0 Å². The van der Waals surface area contributed by atoms with E-state index >= 15 is 0 Å². The summed E-state index contributed by atoms with van der Waals surface area (Å²) >= 11 is 0. The predicted octanol–water partition coefficient (Wildman–Crippen LogP) is 1.17. The predicted molar refractivity (Wildman–Crippen MR) is 98.9 cm³/mol. The van der Waals surface area contributed by atoms with E-state index in [-0.39, 0.29) is 42.6 Å². The van der Waals surface area contributed by atoms with E-state index in [9.17, 15) is 18.0 Å². The van der Waals surface area contributed by atoms with Crippen molar-refractivity contribution in [2.45, 2.75) is 31.6 Å². The average Bonchev–Trinajstić information content (AvgIpc) is 2.68. The summed E-state index contributed by atoms with van der Waals surface area (Å²) in [5.74, 6) is -0.115.